The summed E-state index contributed by atoms with van der Waals surface area (Å²) in [6.07, 6.45) is 1.17. The quantitative estimate of drug-likeness (QED) is 0.806. The molecule has 1 rings (SSSR count). The van der Waals surface area contributed by atoms with Crippen molar-refractivity contribution in [2.24, 2.45) is 17.6 Å². The van der Waals surface area contributed by atoms with Gasteiger partial charge in [-0.2, -0.15) is 0 Å². The Morgan fingerprint density at radius 3 is 2.44 bits per heavy atom. The number of hydrogen-bond donors (Lipinski definition) is 1. The Balaban J connectivity index is 2.73. The molecule has 3 heteroatoms. The Bertz CT molecular complexity index is 355. The van der Waals surface area contributed by atoms with Crippen molar-refractivity contribution in [2.75, 3.05) is 0 Å². The molecule has 0 aliphatic rings. The Kier molecular flexibility index (Phi) is 4.93. The average Bonchev–Trinajstić information content (AvgIpc) is 2.62. The van der Waals surface area contributed by atoms with Gasteiger partial charge in [0.15, 0.2) is 0 Å². The van der Waals surface area contributed by atoms with E-state index >= 15 is 0 Å². The van der Waals surface area contributed by atoms with Gasteiger partial charge >= 0.3 is 0 Å². The van der Waals surface area contributed by atoms with Gasteiger partial charge in [-0.15, -0.1) is 11.3 Å². The molecule has 1 heterocycles. The highest BCUT2D eigenvalue weighted by Crippen LogP contribution is 2.31. The first-order valence-electron chi connectivity index (χ1n) is 5.79. The van der Waals surface area contributed by atoms with Crippen LogP contribution in [0.15, 0.2) is 12.1 Å². The van der Waals surface area contributed by atoms with Crippen molar-refractivity contribution in [3.63, 3.8) is 0 Å². The van der Waals surface area contributed by atoms with Gasteiger partial charge in [0.2, 0.25) is 0 Å². The molecule has 0 bridgehead atoms. The third kappa shape index (κ3) is 3.56. The molecule has 2 N–H and O–H groups in total. The van der Waals surface area contributed by atoms with Gasteiger partial charge in [0, 0.05) is 15.7 Å². The highest BCUT2D eigenvalue weighted by molar-refractivity contribution is 7.80. The van der Waals surface area contributed by atoms with Crippen LogP contribution in [0.25, 0.3) is 0 Å². The van der Waals surface area contributed by atoms with Gasteiger partial charge in [-0.25, -0.2) is 0 Å². The van der Waals surface area contributed by atoms with Crippen LogP contribution in [0.4, 0.5) is 0 Å². The van der Waals surface area contributed by atoms with Crippen molar-refractivity contribution in [1.82, 2.24) is 0 Å². The minimum absolute atomic E-state index is 0.278. The van der Waals surface area contributed by atoms with Crippen molar-refractivity contribution in [2.45, 2.75) is 40.0 Å². The summed E-state index contributed by atoms with van der Waals surface area (Å²) in [5, 5.41) is 0. The number of thiocarbonyl (C=S) groups is 1. The molecule has 0 saturated heterocycles. The molecule has 0 radical (unpaired) electrons. The smallest absolute Gasteiger partial charge is 0.0762 e. The summed E-state index contributed by atoms with van der Waals surface area (Å²) in [5.74, 6) is 1.43. The van der Waals surface area contributed by atoms with Crippen LogP contribution in [0.1, 0.15) is 43.4 Å². The van der Waals surface area contributed by atoms with Gasteiger partial charge in [0.05, 0.1) is 4.99 Å². The SMILES string of the molecule is CC(C)Cc1ccc(C(C)C(C)C(N)=S)s1. The molecular formula is C13H21NS2. The van der Waals surface area contributed by atoms with Gasteiger partial charge < -0.3 is 5.73 Å². The maximum absolute atomic E-state index is 5.70. The number of thiophene rings is 1. The predicted octanol–water partition coefficient (Wildman–Crippen LogP) is 3.97. The second-order valence-electron chi connectivity index (χ2n) is 4.88. The summed E-state index contributed by atoms with van der Waals surface area (Å²) < 4.78 is 0. The van der Waals surface area contributed by atoms with Crippen LogP contribution in [0, 0.1) is 11.8 Å². The lowest BCUT2D eigenvalue weighted by Crippen LogP contribution is -2.22. The lowest BCUT2D eigenvalue weighted by molar-refractivity contribution is 0.637. The lowest BCUT2D eigenvalue weighted by atomic mass is 9.94. The molecule has 0 spiro atoms. The van der Waals surface area contributed by atoms with Crippen LogP contribution >= 0.6 is 23.6 Å². The van der Waals surface area contributed by atoms with Gasteiger partial charge in [-0.05, 0) is 30.4 Å². The Hall–Kier alpha value is -0.410. The fourth-order valence-electron chi connectivity index (χ4n) is 1.64. The Morgan fingerprint density at radius 1 is 1.31 bits per heavy atom. The topological polar surface area (TPSA) is 26.0 Å². The van der Waals surface area contributed by atoms with E-state index in [0.29, 0.717) is 10.9 Å². The molecule has 2 unspecified atom stereocenters. The molecule has 0 aliphatic heterocycles. The van der Waals surface area contributed by atoms with Crippen molar-refractivity contribution in [3.8, 4) is 0 Å². The molecule has 0 fully saturated rings. The van der Waals surface area contributed by atoms with E-state index in [0.717, 1.165) is 5.92 Å². The summed E-state index contributed by atoms with van der Waals surface area (Å²) in [5.41, 5.74) is 5.70. The molecule has 1 aromatic rings. The van der Waals surface area contributed by atoms with Gasteiger partial charge in [-0.3, -0.25) is 0 Å². The molecule has 0 amide bonds. The molecule has 1 nitrogen and oxygen atoms in total. The molecule has 0 aliphatic carbocycles. The summed E-state index contributed by atoms with van der Waals surface area (Å²) >= 11 is 6.95. The van der Waals surface area contributed by atoms with E-state index in [2.05, 4.69) is 39.8 Å². The highest BCUT2D eigenvalue weighted by atomic mass is 32.1. The van der Waals surface area contributed by atoms with Crippen LogP contribution in [-0.4, -0.2) is 4.99 Å². The molecule has 0 saturated carbocycles. The van der Waals surface area contributed by atoms with E-state index in [9.17, 15) is 0 Å². The van der Waals surface area contributed by atoms with Crippen molar-refractivity contribution >= 4 is 28.5 Å². The molecule has 1 aromatic heterocycles. The Morgan fingerprint density at radius 2 is 1.94 bits per heavy atom. The van der Waals surface area contributed by atoms with Gasteiger partial charge in [-0.1, -0.05) is 39.9 Å². The average molecular weight is 255 g/mol. The monoisotopic (exact) mass is 255 g/mol. The number of nitrogens with two attached hydrogens (primary N) is 1. The van der Waals surface area contributed by atoms with Gasteiger partial charge in [0.25, 0.3) is 0 Å². The van der Waals surface area contributed by atoms with E-state index in [4.69, 9.17) is 18.0 Å². The molecule has 0 aromatic carbocycles. The predicted molar refractivity (Wildman–Crippen MR) is 77.2 cm³/mol. The second kappa shape index (κ2) is 5.78. The van der Waals surface area contributed by atoms with E-state index in [-0.39, 0.29) is 5.92 Å². The molecular weight excluding hydrogens is 234 g/mol. The fraction of sp³-hybridized carbons (Fsp3) is 0.615. The standard InChI is InChI=1S/C13H21NS2/c1-8(2)7-11-5-6-12(16-11)9(3)10(4)13(14)15/h5-6,8-10H,7H2,1-4H3,(H2,14,15). The van der Waals surface area contributed by atoms with E-state index in [1.165, 1.54) is 16.2 Å². The van der Waals surface area contributed by atoms with E-state index in [1.54, 1.807) is 0 Å². The van der Waals surface area contributed by atoms with Crippen LogP contribution in [0.2, 0.25) is 0 Å². The fourth-order valence-corrected chi connectivity index (χ4v) is 3.23. The second-order valence-corrected chi connectivity index (χ2v) is 6.55. The van der Waals surface area contributed by atoms with Crippen LogP contribution in [0.3, 0.4) is 0 Å². The normalized spacial score (nSPS) is 15.1. The molecule has 16 heavy (non-hydrogen) atoms. The minimum atomic E-state index is 0.278. The lowest BCUT2D eigenvalue weighted by Gasteiger charge is -2.16. The first-order chi connectivity index (χ1) is 7.41. The number of hydrogen-bond acceptors (Lipinski definition) is 2. The van der Waals surface area contributed by atoms with Crippen molar-refractivity contribution in [3.05, 3.63) is 21.9 Å². The summed E-state index contributed by atoms with van der Waals surface area (Å²) in [6, 6.07) is 4.46. The zero-order valence-corrected chi connectivity index (χ0v) is 12.1. The zero-order chi connectivity index (χ0) is 12.3. The van der Waals surface area contributed by atoms with Crippen molar-refractivity contribution in [1.29, 1.82) is 0 Å². The van der Waals surface area contributed by atoms with Gasteiger partial charge in [0.1, 0.15) is 0 Å². The summed E-state index contributed by atoms with van der Waals surface area (Å²) in [6.45, 7) is 8.81. The Labute approximate surface area is 108 Å². The summed E-state index contributed by atoms with van der Waals surface area (Å²) in [7, 11) is 0. The highest BCUT2D eigenvalue weighted by Gasteiger charge is 2.18. The van der Waals surface area contributed by atoms with Crippen LogP contribution in [0.5, 0.6) is 0 Å². The third-order valence-corrected chi connectivity index (χ3v) is 4.62. The molecule has 2 atom stereocenters. The molecule has 90 valence electrons. The minimum Gasteiger partial charge on any atom is -0.393 e. The largest absolute Gasteiger partial charge is 0.393 e. The maximum Gasteiger partial charge on any atom is 0.0762 e. The van der Waals surface area contributed by atoms with E-state index in [1.807, 2.05) is 11.3 Å². The summed E-state index contributed by atoms with van der Waals surface area (Å²) in [4.78, 5) is 3.48. The first-order valence-corrected chi connectivity index (χ1v) is 7.02. The third-order valence-electron chi connectivity index (χ3n) is 2.94. The number of rotatable bonds is 5. The maximum atomic E-state index is 5.70. The van der Waals surface area contributed by atoms with Crippen LogP contribution < -0.4 is 5.73 Å². The first kappa shape index (κ1) is 13.7. The van der Waals surface area contributed by atoms with Crippen LogP contribution in [-0.2, 0) is 6.42 Å². The van der Waals surface area contributed by atoms with E-state index < -0.39 is 0 Å². The zero-order valence-electron chi connectivity index (χ0n) is 10.5. The van der Waals surface area contributed by atoms with Crippen molar-refractivity contribution < 1.29 is 0 Å².